The van der Waals surface area contributed by atoms with Crippen LogP contribution >= 0.6 is 11.3 Å². The number of pyridine rings is 1. The van der Waals surface area contributed by atoms with Crippen molar-refractivity contribution in [1.29, 1.82) is 0 Å². The Bertz CT molecular complexity index is 1170. The number of aromatic amines is 1. The molecule has 1 saturated heterocycles. The Balaban J connectivity index is 1.59. The molecule has 1 fully saturated rings. The van der Waals surface area contributed by atoms with Crippen molar-refractivity contribution in [2.75, 3.05) is 26.2 Å². The van der Waals surface area contributed by atoms with E-state index in [2.05, 4.69) is 40.2 Å². The predicted octanol–water partition coefficient (Wildman–Crippen LogP) is 3.57. The standard InChI is InChI=1S/C23H28N6OS/c1-13(2)19-16-10-18(23(30)29-8-6-25-7-9-29)31-22(16)28-20(19)17-11-26-21(27-12-24)15-5-3-4-14(15)17/h10-13,25,28H,3-9H2,1-2H3,(H2,24,26,27). The van der Waals surface area contributed by atoms with Gasteiger partial charge in [-0.05, 0) is 42.4 Å². The second-order valence-electron chi connectivity index (χ2n) is 8.55. The Morgan fingerprint density at radius 3 is 2.81 bits per heavy atom. The van der Waals surface area contributed by atoms with Crippen LogP contribution in [0.15, 0.2) is 17.3 Å². The molecule has 1 amide bonds. The molecule has 4 heterocycles. The highest BCUT2D eigenvalue weighted by molar-refractivity contribution is 7.20. The number of rotatable bonds is 4. The van der Waals surface area contributed by atoms with Crippen LogP contribution in [0.5, 0.6) is 0 Å². The molecule has 7 nitrogen and oxygen atoms in total. The molecule has 2 aliphatic rings. The topological polar surface area (TPSA) is 99.4 Å². The molecule has 0 spiro atoms. The van der Waals surface area contributed by atoms with Crippen molar-refractivity contribution in [3.63, 3.8) is 0 Å². The van der Waals surface area contributed by atoms with Crippen molar-refractivity contribution in [3.8, 4) is 11.3 Å². The predicted molar refractivity (Wildman–Crippen MR) is 127 cm³/mol. The molecule has 0 atom stereocenters. The van der Waals surface area contributed by atoms with Crippen LogP contribution in [-0.2, 0) is 12.8 Å². The van der Waals surface area contributed by atoms with Gasteiger partial charge in [0.15, 0.2) is 5.82 Å². The molecule has 0 bridgehead atoms. The first kappa shape index (κ1) is 20.2. The molecule has 0 aromatic carbocycles. The van der Waals surface area contributed by atoms with Crippen molar-refractivity contribution < 1.29 is 4.79 Å². The molecule has 31 heavy (non-hydrogen) atoms. The number of hydrogen-bond acceptors (Lipinski definition) is 5. The molecular weight excluding hydrogens is 408 g/mol. The molecule has 162 valence electrons. The molecular formula is C23H28N6OS. The van der Waals surface area contributed by atoms with Crippen LogP contribution in [-0.4, -0.2) is 53.3 Å². The number of hydrogen-bond donors (Lipinski definition) is 3. The van der Waals surface area contributed by atoms with E-state index in [0.29, 0.717) is 5.92 Å². The summed E-state index contributed by atoms with van der Waals surface area (Å²) in [6.07, 6.45) is 6.37. The number of carbonyl (C=O) groups excluding carboxylic acids is 1. The fraction of sp³-hybridized carbons (Fsp3) is 0.435. The van der Waals surface area contributed by atoms with Gasteiger partial charge in [0.2, 0.25) is 0 Å². The number of nitrogens with one attached hydrogen (secondary N) is 2. The summed E-state index contributed by atoms with van der Waals surface area (Å²) >= 11 is 1.56. The van der Waals surface area contributed by atoms with Crippen molar-refractivity contribution in [3.05, 3.63) is 33.8 Å². The quantitative estimate of drug-likeness (QED) is 0.430. The van der Waals surface area contributed by atoms with Crippen LogP contribution in [0, 0.1) is 0 Å². The third-order valence-electron chi connectivity index (χ3n) is 6.32. The molecule has 0 saturated carbocycles. The Labute approximate surface area is 185 Å². The smallest absolute Gasteiger partial charge is 0.264 e. The van der Waals surface area contributed by atoms with Gasteiger partial charge < -0.3 is 20.9 Å². The number of aromatic nitrogens is 2. The molecule has 3 aromatic heterocycles. The van der Waals surface area contributed by atoms with E-state index in [9.17, 15) is 4.79 Å². The molecule has 0 radical (unpaired) electrons. The largest absolute Gasteiger partial charge is 0.390 e. The Hall–Kier alpha value is -2.71. The lowest BCUT2D eigenvalue weighted by Crippen LogP contribution is -2.46. The lowest BCUT2D eigenvalue weighted by molar-refractivity contribution is 0.0741. The van der Waals surface area contributed by atoms with Gasteiger partial charge in [-0.25, -0.2) is 9.98 Å². The summed E-state index contributed by atoms with van der Waals surface area (Å²) in [6, 6.07) is 2.08. The molecule has 0 unspecified atom stereocenters. The molecule has 1 aliphatic heterocycles. The van der Waals surface area contributed by atoms with Crippen molar-refractivity contribution in [2.45, 2.75) is 39.0 Å². The lowest BCUT2D eigenvalue weighted by Gasteiger charge is -2.26. The summed E-state index contributed by atoms with van der Waals surface area (Å²) in [5.74, 6) is 1.19. The monoisotopic (exact) mass is 436 g/mol. The van der Waals surface area contributed by atoms with Gasteiger partial charge in [-0.1, -0.05) is 13.8 Å². The Morgan fingerprint density at radius 2 is 2.06 bits per heavy atom. The molecule has 8 heteroatoms. The van der Waals surface area contributed by atoms with Gasteiger partial charge in [-0.2, -0.15) is 0 Å². The van der Waals surface area contributed by atoms with E-state index >= 15 is 0 Å². The van der Waals surface area contributed by atoms with E-state index in [-0.39, 0.29) is 5.91 Å². The summed E-state index contributed by atoms with van der Waals surface area (Å²) in [5.41, 5.74) is 11.6. The highest BCUT2D eigenvalue weighted by Crippen LogP contribution is 2.43. The maximum atomic E-state index is 13.0. The van der Waals surface area contributed by atoms with E-state index < -0.39 is 0 Å². The minimum atomic E-state index is 0.138. The average Bonchev–Trinajstić information content (AvgIpc) is 3.48. The number of piperazine rings is 1. The Kier molecular flexibility index (Phi) is 5.27. The summed E-state index contributed by atoms with van der Waals surface area (Å²) in [7, 11) is 0. The first-order valence-electron chi connectivity index (χ1n) is 11.0. The van der Waals surface area contributed by atoms with Crippen LogP contribution in [0.25, 0.3) is 21.5 Å². The number of fused-ring (bicyclic) bond motifs is 2. The zero-order valence-electron chi connectivity index (χ0n) is 18.0. The van der Waals surface area contributed by atoms with E-state index in [1.807, 2.05) is 11.1 Å². The van der Waals surface area contributed by atoms with Crippen molar-refractivity contribution in [1.82, 2.24) is 20.2 Å². The zero-order valence-corrected chi connectivity index (χ0v) is 18.8. The number of H-pyrrole nitrogens is 1. The van der Waals surface area contributed by atoms with Gasteiger partial charge in [0.1, 0.15) is 4.83 Å². The highest BCUT2D eigenvalue weighted by Gasteiger charge is 2.27. The van der Waals surface area contributed by atoms with Gasteiger partial charge in [-0.15, -0.1) is 11.3 Å². The first-order chi connectivity index (χ1) is 15.1. The van der Waals surface area contributed by atoms with Gasteiger partial charge in [0.25, 0.3) is 5.91 Å². The molecule has 5 rings (SSSR count). The van der Waals surface area contributed by atoms with Crippen LogP contribution in [0.1, 0.15) is 52.5 Å². The van der Waals surface area contributed by atoms with Crippen LogP contribution in [0.3, 0.4) is 0 Å². The van der Waals surface area contributed by atoms with E-state index in [1.54, 1.807) is 11.3 Å². The summed E-state index contributed by atoms with van der Waals surface area (Å²) in [6.45, 7) is 7.67. The Morgan fingerprint density at radius 1 is 1.29 bits per heavy atom. The number of nitrogens with zero attached hydrogens (tertiary/aromatic N) is 3. The van der Waals surface area contributed by atoms with Crippen LogP contribution in [0.4, 0.5) is 5.82 Å². The van der Waals surface area contributed by atoms with Gasteiger partial charge in [0, 0.05) is 48.9 Å². The summed E-state index contributed by atoms with van der Waals surface area (Å²) in [5, 5.41) is 4.46. The lowest BCUT2D eigenvalue weighted by atomic mass is 9.94. The normalized spacial score (nSPS) is 16.7. The van der Waals surface area contributed by atoms with Gasteiger partial charge in [0.05, 0.1) is 16.9 Å². The fourth-order valence-electron chi connectivity index (χ4n) is 4.91. The van der Waals surface area contributed by atoms with E-state index in [1.165, 1.54) is 23.0 Å². The number of nitrogens with two attached hydrogens (primary N) is 1. The highest BCUT2D eigenvalue weighted by atomic mass is 32.1. The van der Waals surface area contributed by atoms with Crippen LogP contribution < -0.4 is 11.1 Å². The second kappa shape index (κ2) is 8.09. The number of amides is 1. The maximum absolute atomic E-state index is 13.0. The number of aliphatic imine (C=N–C) groups is 1. The van der Waals surface area contributed by atoms with E-state index in [4.69, 9.17) is 5.73 Å². The van der Waals surface area contributed by atoms with Crippen molar-refractivity contribution in [2.24, 2.45) is 10.7 Å². The third kappa shape index (κ3) is 3.43. The maximum Gasteiger partial charge on any atom is 0.264 e. The fourth-order valence-corrected chi connectivity index (χ4v) is 5.95. The first-order valence-corrected chi connectivity index (χ1v) is 11.8. The van der Waals surface area contributed by atoms with Gasteiger partial charge >= 0.3 is 0 Å². The third-order valence-corrected chi connectivity index (χ3v) is 7.36. The molecule has 4 N–H and O–H groups in total. The molecule has 1 aliphatic carbocycles. The van der Waals surface area contributed by atoms with Crippen molar-refractivity contribution >= 4 is 39.6 Å². The summed E-state index contributed by atoms with van der Waals surface area (Å²) < 4.78 is 0. The summed E-state index contributed by atoms with van der Waals surface area (Å²) in [4.78, 5) is 29.4. The zero-order chi connectivity index (χ0) is 21.5. The SMILES string of the molecule is CC(C)c1c(-c2cnc(N=CN)c3c2CCC3)[nH]c2sc(C(=O)N3CCNCC3)cc12. The molecule has 3 aromatic rings. The average molecular weight is 437 g/mol. The number of carbonyl (C=O) groups is 1. The minimum absolute atomic E-state index is 0.138. The second-order valence-corrected chi connectivity index (χ2v) is 9.60. The van der Waals surface area contributed by atoms with E-state index in [0.717, 1.165) is 77.6 Å². The van der Waals surface area contributed by atoms with Crippen LogP contribution in [0.2, 0.25) is 0 Å². The van der Waals surface area contributed by atoms with Gasteiger partial charge in [-0.3, -0.25) is 4.79 Å². The minimum Gasteiger partial charge on any atom is -0.390 e. The number of thiophene rings is 1.